The molecule has 0 aliphatic carbocycles. The van der Waals surface area contributed by atoms with Gasteiger partial charge in [0.15, 0.2) is 14.6 Å². The summed E-state index contributed by atoms with van der Waals surface area (Å²) in [7, 11) is -4.19. The Hall–Kier alpha value is -2.40. The first kappa shape index (κ1) is 17.7. The number of aliphatic carboxylic acids is 2. The highest BCUT2D eigenvalue weighted by Gasteiger charge is 2.45. The lowest BCUT2D eigenvalue weighted by Gasteiger charge is -2.25. The lowest BCUT2D eigenvalue weighted by Crippen LogP contribution is -2.38. The van der Waals surface area contributed by atoms with Gasteiger partial charge in [-0.25, -0.2) is 8.42 Å². The van der Waals surface area contributed by atoms with Crippen LogP contribution >= 0.6 is 0 Å². The van der Waals surface area contributed by atoms with E-state index < -0.39 is 52.2 Å². The molecular formula is C14H15NO6S. The third-order valence-corrected chi connectivity index (χ3v) is 5.68. The van der Waals surface area contributed by atoms with Crippen molar-refractivity contribution >= 4 is 21.8 Å². The summed E-state index contributed by atoms with van der Waals surface area (Å²) in [5.41, 5.74) is 0. The van der Waals surface area contributed by atoms with Crippen LogP contribution in [0.25, 0.3) is 0 Å². The molecule has 7 nitrogen and oxygen atoms in total. The molecule has 22 heavy (non-hydrogen) atoms. The summed E-state index contributed by atoms with van der Waals surface area (Å²) < 4.78 is 23.3. The number of hydrogen-bond donors (Lipinski definition) is 2. The molecule has 1 rings (SSSR count). The molecule has 0 bridgehead atoms. The molecule has 2 N–H and O–H groups in total. The van der Waals surface area contributed by atoms with Crippen LogP contribution in [0.3, 0.4) is 0 Å². The first-order chi connectivity index (χ1) is 10.2. The zero-order valence-electron chi connectivity index (χ0n) is 11.6. The maximum absolute atomic E-state index is 12.7. The quantitative estimate of drug-likeness (QED) is 0.739. The molecule has 0 aromatic heterocycles. The molecule has 0 radical (unpaired) electrons. The van der Waals surface area contributed by atoms with E-state index in [0.29, 0.717) is 0 Å². The molecule has 118 valence electrons. The molecule has 0 unspecified atom stereocenters. The summed E-state index contributed by atoms with van der Waals surface area (Å²) in [4.78, 5) is 21.4. The number of nitrogens with zero attached hydrogens (tertiary/aromatic N) is 1. The number of carbonyl (C=O) groups is 2. The van der Waals surface area contributed by atoms with E-state index in [-0.39, 0.29) is 4.90 Å². The third-order valence-electron chi connectivity index (χ3n) is 3.26. The molecule has 8 heteroatoms. The van der Waals surface area contributed by atoms with E-state index in [1.165, 1.54) is 24.3 Å². The van der Waals surface area contributed by atoms with Crippen LogP contribution in [0.4, 0.5) is 0 Å². The number of nitriles is 1. The van der Waals surface area contributed by atoms with Crippen molar-refractivity contribution in [1.29, 1.82) is 5.26 Å². The number of rotatable bonds is 8. The van der Waals surface area contributed by atoms with Crippen molar-refractivity contribution < 1.29 is 28.2 Å². The fraction of sp³-hybridized carbons (Fsp3) is 0.357. The second-order valence-electron chi connectivity index (χ2n) is 4.71. The summed E-state index contributed by atoms with van der Waals surface area (Å²) in [6.45, 7) is 0. The second-order valence-corrected chi connectivity index (χ2v) is 6.97. The van der Waals surface area contributed by atoms with Gasteiger partial charge in [-0.3, -0.25) is 9.59 Å². The second kappa shape index (κ2) is 7.04. The van der Waals surface area contributed by atoms with Gasteiger partial charge in [0.25, 0.3) is 0 Å². The Morgan fingerprint density at radius 1 is 1.05 bits per heavy atom. The number of hydrogen-bond acceptors (Lipinski definition) is 5. The molecule has 0 aliphatic rings. The van der Waals surface area contributed by atoms with Gasteiger partial charge >= 0.3 is 11.9 Å². The molecule has 0 saturated carbocycles. The summed E-state index contributed by atoms with van der Waals surface area (Å²) in [5.74, 6) is -2.50. The van der Waals surface area contributed by atoms with E-state index in [4.69, 9.17) is 10.2 Å². The van der Waals surface area contributed by atoms with E-state index in [1.54, 1.807) is 12.1 Å². The standard InChI is InChI=1S/C14H15NO6S/c15-10-14(8-6-12(16)17,9-7-13(18)19)22(20,21)11-4-2-1-3-5-11/h1-5H,6-9H2,(H,16,17)(H,18,19). The maximum Gasteiger partial charge on any atom is 0.303 e. The summed E-state index contributed by atoms with van der Waals surface area (Å²) in [6, 6.07) is 8.79. The normalized spacial score (nSPS) is 11.6. The van der Waals surface area contributed by atoms with Crippen molar-refractivity contribution in [2.45, 2.75) is 35.3 Å². The van der Waals surface area contributed by atoms with Gasteiger partial charge in [-0.1, -0.05) is 18.2 Å². The largest absolute Gasteiger partial charge is 0.481 e. The predicted octanol–water partition coefficient (Wildman–Crippen LogP) is 1.45. The molecule has 0 spiro atoms. The fourth-order valence-electron chi connectivity index (χ4n) is 2.01. The van der Waals surface area contributed by atoms with Gasteiger partial charge in [-0.15, -0.1) is 0 Å². The first-order valence-electron chi connectivity index (χ1n) is 6.40. The van der Waals surface area contributed by atoms with E-state index in [2.05, 4.69) is 0 Å². The van der Waals surface area contributed by atoms with Crippen LogP contribution in [0.1, 0.15) is 25.7 Å². The van der Waals surface area contributed by atoms with E-state index >= 15 is 0 Å². The molecule has 0 heterocycles. The zero-order valence-corrected chi connectivity index (χ0v) is 12.4. The molecule has 0 saturated heterocycles. The van der Waals surface area contributed by atoms with Crippen molar-refractivity contribution in [2.75, 3.05) is 0 Å². The van der Waals surface area contributed by atoms with Crippen LogP contribution in [-0.4, -0.2) is 35.3 Å². The smallest absolute Gasteiger partial charge is 0.303 e. The molecule has 0 aliphatic heterocycles. The molecular weight excluding hydrogens is 310 g/mol. The van der Waals surface area contributed by atoms with Crippen molar-refractivity contribution in [3.05, 3.63) is 30.3 Å². The minimum Gasteiger partial charge on any atom is -0.481 e. The van der Waals surface area contributed by atoms with Crippen molar-refractivity contribution in [1.82, 2.24) is 0 Å². The molecule has 0 amide bonds. The monoisotopic (exact) mass is 325 g/mol. The van der Waals surface area contributed by atoms with Gasteiger partial charge < -0.3 is 10.2 Å². The van der Waals surface area contributed by atoms with Crippen LogP contribution in [-0.2, 0) is 19.4 Å². The Labute approximate surface area is 127 Å². The molecule has 0 atom stereocenters. The number of carboxylic acid groups (broad SMARTS) is 2. The molecule has 0 fully saturated rings. The Kier molecular flexibility index (Phi) is 5.65. The summed E-state index contributed by atoms with van der Waals surface area (Å²) in [6.07, 6.45) is -2.02. The highest BCUT2D eigenvalue weighted by atomic mass is 32.2. The van der Waals surface area contributed by atoms with Crippen LogP contribution < -0.4 is 0 Å². The van der Waals surface area contributed by atoms with Gasteiger partial charge in [0.1, 0.15) is 0 Å². The van der Waals surface area contributed by atoms with Crippen molar-refractivity contribution in [3.63, 3.8) is 0 Å². The Balaban J connectivity index is 3.31. The summed E-state index contributed by atoms with van der Waals surface area (Å²) >= 11 is 0. The Bertz CT molecular complexity index is 672. The summed E-state index contributed by atoms with van der Waals surface area (Å²) in [5, 5.41) is 26.9. The van der Waals surface area contributed by atoms with Crippen LogP contribution in [0.15, 0.2) is 35.2 Å². The van der Waals surface area contributed by atoms with Gasteiger partial charge in [0.05, 0.1) is 11.0 Å². The predicted molar refractivity (Wildman–Crippen MR) is 75.7 cm³/mol. The first-order valence-corrected chi connectivity index (χ1v) is 7.88. The van der Waals surface area contributed by atoms with Crippen LogP contribution in [0.5, 0.6) is 0 Å². The Morgan fingerprint density at radius 2 is 1.50 bits per heavy atom. The lowest BCUT2D eigenvalue weighted by atomic mass is 9.98. The molecule has 1 aromatic rings. The van der Waals surface area contributed by atoms with Crippen LogP contribution in [0.2, 0.25) is 0 Å². The third kappa shape index (κ3) is 3.83. The number of benzene rings is 1. The average molecular weight is 325 g/mol. The minimum atomic E-state index is -4.19. The zero-order chi connectivity index (χ0) is 16.8. The minimum absolute atomic E-state index is 0.132. The topological polar surface area (TPSA) is 133 Å². The Morgan fingerprint density at radius 3 is 1.86 bits per heavy atom. The number of sulfone groups is 1. The van der Waals surface area contributed by atoms with Gasteiger partial charge in [-0.05, 0) is 25.0 Å². The SMILES string of the molecule is N#CC(CCC(=O)O)(CCC(=O)O)S(=O)(=O)c1ccccc1. The van der Waals surface area contributed by atoms with Gasteiger partial charge in [0.2, 0.25) is 0 Å². The fourth-order valence-corrected chi connectivity index (χ4v) is 3.84. The molecule has 1 aromatic carbocycles. The van der Waals surface area contributed by atoms with Gasteiger partial charge in [-0.2, -0.15) is 5.26 Å². The maximum atomic E-state index is 12.7. The van der Waals surface area contributed by atoms with Crippen LogP contribution in [0, 0.1) is 11.3 Å². The number of carboxylic acids is 2. The van der Waals surface area contributed by atoms with E-state index in [1.807, 2.05) is 0 Å². The van der Waals surface area contributed by atoms with Crippen molar-refractivity contribution in [2.24, 2.45) is 0 Å². The average Bonchev–Trinajstić information content (AvgIpc) is 2.48. The highest BCUT2D eigenvalue weighted by molar-refractivity contribution is 7.93. The van der Waals surface area contributed by atoms with E-state index in [0.717, 1.165) is 0 Å². The van der Waals surface area contributed by atoms with E-state index in [9.17, 15) is 23.3 Å². The highest BCUT2D eigenvalue weighted by Crippen LogP contribution is 2.34. The lowest BCUT2D eigenvalue weighted by molar-refractivity contribution is -0.137. The van der Waals surface area contributed by atoms with Gasteiger partial charge in [0, 0.05) is 12.8 Å². The van der Waals surface area contributed by atoms with Crippen molar-refractivity contribution in [3.8, 4) is 6.07 Å².